The number of methoxy groups -OCH3 is 1. The van der Waals surface area contributed by atoms with Gasteiger partial charge in [0.15, 0.2) is 0 Å². The lowest BCUT2D eigenvalue weighted by molar-refractivity contribution is 0.102. The van der Waals surface area contributed by atoms with Crippen molar-refractivity contribution in [2.24, 2.45) is 0 Å². The molecule has 5 nitrogen and oxygen atoms in total. The Bertz CT molecular complexity index is 1260. The van der Waals surface area contributed by atoms with Gasteiger partial charge in [-0.05, 0) is 65.5 Å². The molecule has 6 heteroatoms. The highest BCUT2D eigenvalue weighted by Gasteiger charge is 2.10. The second-order valence-electron chi connectivity index (χ2n) is 6.76. The van der Waals surface area contributed by atoms with Gasteiger partial charge in [0.2, 0.25) is 0 Å². The normalized spacial score (nSPS) is 10.4. The Morgan fingerprint density at radius 2 is 1.58 bits per heavy atom. The van der Waals surface area contributed by atoms with Gasteiger partial charge in [-0.25, -0.2) is 0 Å². The van der Waals surface area contributed by atoms with Crippen molar-refractivity contribution in [1.29, 1.82) is 0 Å². The molecule has 0 spiro atoms. The average Bonchev–Trinajstić information content (AvgIpc) is 2.79. The molecule has 0 aromatic heterocycles. The molecule has 0 saturated heterocycles. The first-order valence-corrected chi connectivity index (χ1v) is 10.1. The Balaban J connectivity index is 1.44. The SMILES string of the molecule is COc1ccccc1NC(=S)Oc1cccc(C(=O)Nc2ccc3ccccc3c2)c1. The predicted octanol–water partition coefficient (Wildman–Crippen LogP) is 5.88. The van der Waals surface area contributed by atoms with Crippen molar-refractivity contribution in [2.75, 3.05) is 17.7 Å². The van der Waals surface area contributed by atoms with Crippen LogP contribution in [0.15, 0.2) is 91.0 Å². The summed E-state index contributed by atoms with van der Waals surface area (Å²) in [5.41, 5.74) is 1.88. The van der Waals surface area contributed by atoms with E-state index in [0.29, 0.717) is 22.7 Å². The van der Waals surface area contributed by atoms with Crippen molar-refractivity contribution >= 4 is 45.4 Å². The van der Waals surface area contributed by atoms with Gasteiger partial charge in [0.25, 0.3) is 11.1 Å². The number of fused-ring (bicyclic) bond motifs is 1. The van der Waals surface area contributed by atoms with Gasteiger partial charge in [0.05, 0.1) is 12.8 Å². The zero-order valence-electron chi connectivity index (χ0n) is 16.8. The summed E-state index contributed by atoms with van der Waals surface area (Å²) in [4.78, 5) is 12.7. The second kappa shape index (κ2) is 9.28. The van der Waals surface area contributed by atoms with Gasteiger partial charge in [-0.2, -0.15) is 0 Å². The van der Waals surface area contributed by atoms with E-state index in [2.05, 4.69) is 10.6 Å². The minimum atomic E-state index is -0.232. The molecule has 0 aliphatic carbocycles. The number of anilines is 2. The number of carbonyl (C=O) groups excluding carboxylic acids is 1. The molecule has 0 fully saturated rings. The number of amides is 1. The van der Waals surface area contributed by atoms with E-state index in [0.717, 1.165) is 16.5 Å². The fraction of sp³-hybridized carbons (Fsp3) is 0.0400. The first kappa shape index (κ1) is 20.4. The standard InChI is InChI=1S/C25H20N2O3S/c1-29-23-12-5-4-11-22(23)27-25(31)30-21-10-6-9-19(16-21)24(28)26-20-14-13-17-7-2-3-8-18(17)15-20/h2-16H,1H3,(H,26,28)(H,27,31). The monoisotopic (exact) mass is 428 g/mol. The van der Waals surface area contributed by atoms with Gasteiger partial charge >= 0.3 is 0 Å². The van der Waals surface area contributed by atoms with Crippen LogP contribution >= 0.6 is 12.2 Å². The number of thiocarbonyl (C=S) groups is 1. The summed E-state index contributed by atoms with van der Waals surface area (Å²) in [7, 11) is 1.59. The number of hydrogen-bond donors (Lipinski definition) is 2. The maximum atomic E-state index is 12.7. The van der Waals surface area contributed by atoms with E-state index < -0.39 is 0 Å². The van der Waals surface area contributed by atoms with E-state index >= 15 is 0 Å². The summed E-state index contributed by atoms with van der Waals surface area (Å²) in [6, 6.07) is 28.0. The van der Waals surface area contributed by atoms with Crippen molar-refractivity contribution in [1.82, 2.24) is 0 Å². The van der Waals surface area contributed by atoms with Gasteiger partial charge in [-0.3, -0.25) is 4.79 Å². The van der Waals surface area contributed by atoms with Crippen LogP contribution in [0.2, 0.25) is 0 Å². The Morgan fingerprint density at radius 1 is 0.806 bits per heavy atom. The molecule has 0 aliphatic heterocycles. The summed E-state index contributed by atoms with van der Waals surface area (Å²) >= 11 is 5.29. The number of nitrogens with one attached hydrogen (secondary N) is 2. The predicted molar refractivity (Wildman–Crippen MR) is 128 cm³/mol. The van der Waals surface area contributed by atoms with E-state index in [1.165, 1.54) is 0 Å². The molecule has 4 rings (SSSR count). The molecular formula is C25H20N2O3S. The zero-order valence-corrected chi connectivity index (χ0v) is 17.6. The first-order valence-electron chi connectivity index (χ1n) is 9.64. The molecule has 0 atom stereocenters. The third-order valence-corrected chi connectivity index (χ3v) is 4.84. The van der Waals surface area contributed by atoms with Crippen LogP contribution in [0.1, 0.15) is 10.4 Å². The molecule has 31 heavy (non-hydrogen) atoms. The van der Waals surface area contributed by atoms with E-state index in [9.17, 15) is 4.79 Å². The Kier molecular flexibility index (Phi) is 6.10. The molecule has 0 bridgehead atoms. The molecule has 4 aromatic rings. The Hall–Kier alpha value is -3.90. The lowest BCUT2D eigenvalue weighted by Gasteiger charge is -2.13. The maximum Gasteiger partial charge on any atom is 0.266 e. The molecule has 0 heterocycles. The van der Waals surface area contributed by atoms with Crippen LogP contribution in [0.5, 0.6) is 11.5 Å². The van der Waals surface area contributed by atoms with Gasteiger partial charge in [-0.15, -0.1) is 0 Å². The summed E-state index contributed by atoms with van der Waals surface area (Å²) in [6.07, 6.45) is 0. The summed E-state index contributed by atoms with van der Waals surface area (Å²) in [5, 5.41) is 8.25. The minimum Gasteiger partial charge on any atom is -0.495 e. The molecular weight excluding hydrogens is 408 g/mol. The minimum absolute atomic E-state index is 0.150. The van der Waals surface area contributed by atoms with Crippen LogP contribution in [-0.2, 0) is 0 Å². The molecule has 0 unspecified atom stereocenters. The Labute approximate surface area is 185 Å². The number of benzene rings is 4. The quantitative estimate of drug-likeness (QED) is 0.389. The van der Waals surface area contributed by atoms with E-state index in [1.54, 1.807) is 31.4 Å². The number of hydrogen-bond acceptors (Lipinski definition) is 4. The fourth-order valence-electron chi connectivity index (χ4n) is 3.16. The van der Waals surface area contributed by atoms with Gasteiger partial charge < -0.3 is 20.1 Å². The van der Waals surface area contributed by atoms with Crippen molar-refractivity contribution in [3.05, 3.63) is 96.6 Å². The topological polar surface area (TPSA) is 59.6 Å². The van der Waals surface area contributed by atoms with Crippen LogP contribution in [-0.4, -0.2) is 18.2 Å². The highest BCUT2D eigenvalue weighted by molar-refractivity contribution is 7.80. The molecule has 1 amide bonds. The number of para-hydroxylation sites is 2. The Morgan fingerprint density at radius 3 is 2.42 bits per heavy atom. The fourth-order valence-corrected chi connectivity index (χ4v) is 3.37. The van der Waals surface area contributed by atoms with Crippen LogP contribution < -0.4 is 20.1 Å². The van der Waals surface area contributed by atoms with E-state index in [-0.39, 0.29) is 11.1 Å². The first-order chi connectivity index (χ1) is 15.1. The van der Waals surface area contributed by atoms with Crippen molar-refractivity contribution in [2.45, 2.75) is 0 Å². The molecule has 0 saturated carbocycles. The van der Waals surface area contributed by atoms with Crippen LogP contribution in [0, 0.1) is 0 Å². The van der Waals surface area contributed by atoms with Crippen molar-refractivity contribution < 1.29 is 14.3 Å². The molecule has 0 aliphatic rings. The third-order valence-electron chi connectivity index (χ3n) is 4.66. The van der Waals surface area contributed by atoms with Crippen molar-refractivity contribution in [3.8, 4) is 11.5 Å². The lowest BCUT2D eigenvalue weighted by atomic mass is 10.1. The number of rotatable bonds is 5. The summed E-state index contributed by atoms with van der Waals surface area (Å²) in [6.45, 7) is 0. The summed E-state index contributed by atoms with van der Waals surface area (Å²) < 4.78 is 11.0. The third kappa shape index (κ3) is 4.99. The van der Waals surface area contributed by atoms with Crippen LogP contribution in [0.25, 0.3) is 10.8 Å². The number of ether oxygens (including phenoxy) is 2. The average molecular weight is 429 g/mol. The van der Waals surface area contributed by atoms with Crippen LogP contribution in [0.3, 0.4) is 0 Å². The molecule has 0 radical (unpaired) electrons. The molecule has 2 N–H and O–H groups in total. The van der Waals surface area contributed by atoms with Crippen LogP contribution in [0.4, 0.5) is 11.4 Å². The van der Waals surface area contributed by atoms with Gasteiger partial charge in [0.1, 0.15) is 11.5 Å². The smallest absolute Gasteiger partial charge is 0.266 e. The van der Waals surface area contributed by atoms with E-state index in [4.69, 9.17) is 21.7 Å². The lowest BCUT2D eigenvalue weighted by Crippen LogP contribution is -2.17. The highest BCUT2D eigenvalue weighted by atomic mass is 32.1. The number of carbonyl (C=O) groups is 1. The largest absolute Gasteiger partial charge is 0.495 e. The van der Waals surface area contributed by atoms with Gasteiger partial charge in [0, 0.05) is 11.3 Å². The molecule has 4 aromatic carbocycles. The highest BCUT2D eigenvalue weighted by Crippen LogP contribution is 2.24. The molecule has 154 valence electrons. The van der Waals surface area contributed by atoms with Crippen molar-refractivity contribution in [3.63, 3.8) is 0 Å². The second-order valence-corrected chi connectivity index (χ2v) is 7.13. The zero-order chi connectivity index (χ0) is 21.6. The van der Waals surface area contributed by atoms with E-state index in [1.807, 2.05) is 66.7 Å². The maximum absolute atomic E-state index is 12.7. The summed E-state index contributed by atoms with van der Waals surface area (Å²) in [5.74, 6) is 0.875. The van der Waals surface area contributed by atoms with Gasteiger partial charge in [-0.1, -0.05) is 48.5 Å².